The molecule has 0 aliphatic heterocycles. The van der Waals surface area contributed by atoms with Crippen LogP contribution in [-0.2, 0) is 9.59 Å². The van der Waals surface area contributed by atoms with E-state index >= 15 is 0 Å². The molecule has 1 rings (SSSR count). The molecule has 1 aromatic carbocycles. The first-order valence-electron chi connectivity index (χ1n) is 6.77. The highest BCUT2D eigenvalue weighted by molar-refractivity contribution is 5.96. The summed E-state index contributed by atoms with van der Waals surface area (Å²) in [6, 6.07) is 5.44. The molecule has 0 aliphatic rings. The van der Waals surface area contributed by atoms with E-state index in [9.17, 15) is 9.59 Å². The minimum Gasteiger partial charge on any atom is -0.330 e. The Morgan fingerprint density at radius 3 is 2.29 bits per heavy atom. The first kappa shape index (κ1) is 19.4. The third kappa shape index (κ3) is 5.73. The van der Waals surface area contributed by atoms with Crippen LogP contribution >= 0.6 is 12.4 Å². The molecule has 0 spiro atoms. The lowest BCUT2D eigenvalue weighted by atomic mass is 10.1. The van der Waals surface area contributed by atoms with E-state index in [1.54, 1.807) is 13.0 Å². The van der Waals surface area contributed by atoms with Gasteiger partial charge in [0.1, 0.15) is 0 Å². The number of anilines is 2. The van der Waals surface area contributed by atoms with Crippen molar-refractivity contribution in [1.29, 1.82) is 0 Å². The monoisotopic (exact) mass is 313 g/mol. The van der Waals surface area contributed by atoms with E-state index in [0.717, 1.165) is 5.56 Å². The Balaban J connectivity index is 0.00000400. The quantitative estimate of drug-likeness (QED) is 0.781. The molecule has 6 heteroatoms. The van der Waals surface area contributed by atoms with Gasteiger partial charge in [-0.05, 0) is 24.6 Å². The molecule has 5 nitrogen and oxygen atoms in total. The van der Waals surface area contributed by atoms with E-state index in [1.165, 1.54) is 0 Å². The van der Waals surface area contributed by atoms with Crippen LogP contribution in [0.3, 0.4) is 0 Å². The van der Waals surface area contributed by atoms with Gasteiger partial charge in [0.15, 0.2) is 0 Å². The summed E-state index contributed by atoms with van der Waals surface area (Å²) in [6.45, 7) is 7.63. The Morgan fingerprint density at radius 2 is 1.76 bits per heavy atom. The second kappa shape index (κ2) is 8.64. The molecule has 1 atom stereocenters. The molecule has 0 fully saturated rings. The van der Waals surface area contributed by atoms with Crippen LogP contribution in [0.4, 0.5) is 11.4 Å². The molecule has 1 unspecified atom stereocenters. The fourth-order valence-electron chi connectivity index (χ4n) is 1.48. The molecule has 118 valence electrons. The number of aryl methyl sites for hydroxylation is 1. The average molecular weight is 314 g/mol. The summed E-state index contributed by atoms with van der Waals surface area (Å²) >= 11 is 0. The van der Waals surface area contributed by atoms with Gasteiger partial charge in [-0.25, -0.2) is 0 Å². The van der Waals surface area contributed by atoms with Crippen molar-refractivity contribution in [2.75, 3.05) is 17.2 Å². The molecular weight excluding hydrogens is 290 g/mol. The molecule has 0 radical (unpaired) electrons. The molecule has 0 saturated carbocycles. The van der Waals surface area contributed by atoms with Crippen molar-refractivity contribution in [3.05, 3.63) is 23.8 Å². The first-order valence-corrected chi connectivity index (χ1v) is 6.77. The van der Waals surface area contributed by atoms with Crippen molar-refractivity contribution >= 4 is 35.6 Å². The lowest BCUT2D eigenvalue weighted by molar-refractivity contribution is -0.119. The zero-order valence-electron chi connectivity index (χ0n) is 12.9. The topological polar surface area (TPSA) is 84.2 Å². The standard InChI is InChI=1S/C15H23N3O2.ClH/c1-9(2)14(19)17-12-6-5-10(3)13(7-12)18-15(20)11(4)8-16;/h5-7,9,11H,8,16H2,1-4H3,(H,17,19)(H,18,20);1H. The Bertz CT molecular complexity index is 504. The van der Waals surface area contributed by atoms with Crippen LogP contribution in [-0.4, -0.2) is 18.4 Å². The van der Waals surface area contributed by atoms with Crippen LogP contribution in [0.25, 0.3) is 0 Å². The van der Waals surface area contributed by atoms with Crippen LogP contribution < -0.4 is 16.4 Å². The third-order valence-electron chi connectivity index (χ3n) is 3.09. The molecule has 2 amide bonds. The highest BCUT2D eigenvalue weighted by Crippen LogP contribution is 2.21. The van der Waals surface area contributed by atoms with Gasteiger partial charge in [0.2, 0.25) is 11.8 Å². The van der Waals surface area contributed by atoms with Crippen molar-refractivity contribution in [2.45, 2.75) is 27.7 Å². The molecule has 0 bridgehead atoms. The van der Waals surface area contributed by atoms with Crippen LogP contribution in [0.2, 0.25) is 0 Å². The average Bonchev–Trinajstić information content (AvgIpc) is 2.41. The zero-order chi connectivity index (χ0) is 15.3. The summed E-state index contributed by atoms with van der Waals surface area (Å²) in [5.74, 6) is -0.515. The smallest absolute Gasteiger partial charge is 0.228 e. The van der Waals surface area contributed by atoms with Crippen molar-refractivity contribution < 1.29 is 9.59 Å². The van der Waals surface area contributed by atoms with E-state index in [-0.39, 0.29) is 36.1 Å². The number of rotatable bonds is 5. The molecule has 0 aromatic heterocycles. The minimum atomic E-state index is -0.247. The Hall–Kier alpha value is -1.59. The molecule has 21 heavy (non-hydrogen) atoms. The molecule has 0 heterocycles. The van der Waals surface area contributed by atoms with Crippen molar-refractivity contribution in [3.63, 3.8) is 0 Å². The van der Waals surface area contributed by atoms with Gasteiger partial charge in [-0.3, -0.25) is 9.59 Å². The Morgan fingerprint density at radius 1 is 1.14 bits per heavy atom. The number of hydrogen-bond donors (Lipinski definition) is 3. The van der Waals surface area contributed by atoms with Gasteiger partial charge in [-0.1, -0.05) is 26.8 Å². The van der Waals surface area contributed by atoms with Crippen LogP contribution in [0.5, 0.6) is 0 Å². The Labute approximate surface area is 132 Å². The van der Waals surface area contributed by atoms with E-state index in [0.29, 0.717) is 17.9 Å². The summed E-state index contributed by atoms with van der Waals surface area (Å²) in [5, 5.41) is 5.64. The van der Waals surface area contributed by atoms with E-state index < -0.39 is 0 Å². The highest BCUT2D eigenvalue weighted by atomic mass is 35.5. The van der Waals surface area contributed by atoms with Crippen LogP contribution in [0.15, 0.2) is 18.2 Å². The summed E-state index contributed by atoms with van der Waals surface area (Å²) in [4.78, 5) is 23.5. The fraction of sp³-hybridized carbons (Fsp3) is 0.467. The summed E-state index contributed by atoms with van der Waals surface area (Å²) in [5.41, 5.74) is 7.77. The fourth-order valence-corrected chi connectivity index (χ4v) is 1.48. The maximum absolute atomic E-state index is 11.9. The highest BCUT2D eigenvalue weighted by Gasteiger charge is 2.13. The SMILES string of the molecule is Cc1ccc(NC(=O)C(C)C)cc1NC(=O)C(C)CN.Cl. The van der Waals surface area contributed by atoms with Crippen LogP contribution in [0.1, 0.15) is 26.3 Å². The van der Waals surface area contributed by atoms with Crippen LogP contribution in [0, 0.1) is 18.8 Å². The third-order valence-corrected chi connectivity index (χ3v) is 3.09. The van der Waals surface area contributed by atoms with Gasteiger partial charge in [0.05, 0.1) is 0 Å². The maximum atomic E-state index is 11.9. The number of halogens is 1. The number of benzene rings is 1. The molecule has 0 aliphatic carbocycles. The number of nitrogens with one attached hydrogen (secondary N) is 2. The van der Waals surface area contributed by atoms with Gasteiger partial charge in [0.25, 0.3) is 0 Å². The lowest BCUT2D eigenvalue weighted by Gasteiger charge is -2.14. The van der Waals surface area contributed by atoms with Gasteiger partial charge >= 0.3 is 0 Å². The van der Waals surface area contributed by atoms with Crippen molar-refractivity contribution in [2.24, 2.45) is 17.6 Å². The second-order valence-corrected chi connectivity index (χ2v) is 5.30. The first-order chi connectivity index (χ1) is 9.35. The zero-order valence-corrected chi connectivity index (χ0v) is 13.7. The van der Waals surface area contributed by atoms with Gasteiger partial charge in [-0.2, -0.15) is 0 Å². The number of carbonyl (C=O) groups excluding carboxylic acids is 2. The number of nitrogens with two attached hydrogens (primary N) is 1. The maximum Gasteiger partial charge on any atom is 0.228 e. The largest absolute Gasteiger partial charge is 0.330 e. The number of carbonyl (C=O) groups is 2. The van der Waals surface area contributed by atoms with Gasteiger partial charge < -0.3 is 16.4 Å². The van der Waals surface area contributed by atoms with Gasteiger partial charge in [-0.15, -0.1) is 12.4 Å². The molecular formula is C15H24ClN3O2. The summed E-state index contributed by atoms with van der Waals surface area (Å²) in [7, 11) is 0. The summed E-state index contributed by atoms with van der Waals surface area (Å²) < 4.78 is 0. The summed E-state index contributed by atoms with van der Waals surface area (Å²) in [6.07, 6.45) is 0. The molecule has 4 N–H and O–H groups in total. The predicted molar refractivity (Wildman–Crippen MR) is 88.7 cm³/mol. The lowest BCUT2D eigenvalue weighted by Crippen LogP contribution is -2.27. The van der Waals surface area contributed by atoms with E-state index in [2.05, 4.69) is 10.6 Å². The normalized spacial score (nSPS) is 11.5. The molecule has 1 aromatic rings. The van der Waals surface area contributed by atoms with Gasteiger partial charge in [0, 0.05) is 29.8 Å². The second-order valence-electron chi connectivity index (χ2n) is 5.30. The molecule has 0 saturated heterocycles. The number of amides is 2. The Kier molecular flexibility index (Phi) is 7.99. The number of hydrogen-bond acceptors (Lipinski definition) is 3. The van der Waals surface area contributed by atoms with E-state index in [1.807, 2.05) is 32.9 Å². The minimum absolute atomic E-state index is 0. The predicted octanol–water partition coefficient (Wildman–Crippen LogP) is 2.54. The van der Waals surface area contributed by atoms with E-state index in [4.69, 9.17) is 5.73 Å². The van der Waals surface area contributed by atoms with Crippen molar-refractivity contribution in [1.82, 2.24) is 0 Å². The van der Waals surface area contributed by atoms with Crippen molar-refractivity contribution in [3.8, 4) is 0 Å².